The lowest BCUT2D eigenvalue weighted by atomic mass is 9.97. The Hall–Kier alpha value is -2.96. The average molecular weight is 305 g/mol. The molecule has 0 bridgehead atoms. The van der Waals surface area contributed by atoms with Crippen molar-refractivity contribution in [2.45, 2.75) is 0 Å². The number of rotatable bonds is 4. The normalized spacial score (nSPS) is 10.1. The minimum atomic E-state index is -1.20. The smallest absolute Gasteiger partial charge is 0.338 e. The van der Waals surface area contributed by atoms with E-state index in [-0.39, 0.29) is 28.1 Å². The Kier molecular flexibility index (Phi) is 4.36. The monoisotopic (exact) mass is 305 g/mol. The number of aromatic carboxylic acids is 1. The van der Waals surface area contributed by atoms with Crippen LogP contribution in [0.25, 0.3) is 11.1 Å². The van der Waals surface area contributed by atoms with Crippen molar-refractivity contribution in [2.24, 2.45) is 0 Å². The van der Waals surface area contributed by atoms with Gasteiger partial charge in [0, 0.05) is 11.6 Å². The van der Waals surface area contributed by atoms with Crippen molar-refractivity contribution in [2.75, 3.05) is 14.2 Å². The summed E-state index contributed by atoms with van der Waals surface area (Å²) >= 11 is 0. The number of carboxylic acid groups (broad SMARTS) is 1. The fraction of sp³-hybridized carbons (Fsp3) is 0.133. The van der Waals surface area contributed by atoms with Crippen LogP contribution in [0.4, 0.5) is 4.39 Å². The van der Waals surface area contributed by atoms with Gasteiger partial charge in [0.2, 0.25) is 5.88 Å². The fourth-order valence-electron chi connectivity index (χ4n) is 1.93. The molecule has 0 atom stereocenters. The molecule has 0 spiro atoms. The van der Waals surface area contributed by atoms with Crippen LogP contribution in [-0.4, -0.2) is 36.2 Å². The number of aromatic nitrogens is 1. The molecule has 2 rings (SSSR count). The summed E-state index contributed by atoms with van der Waals surface area (Å²) in [5, 5.41) is 9.01. The molecule has 0 aliphatic rings. The molecule has 0 saturated heterocycles. The van der Waals surface area contributed by atoms with Crippen LogP contribution < -0.4 is 4.74 Å². The van der Waals surface area contributed by atoms with Crippen LogP contribution in [0, 0.1) is 5.82 Å². The van der Waals surface area contributed by atoms with Gasteiger partial charge in [0.25, 0.3) is 0 Å². The maximum absolute atomic E-state index is 14.0. The highest BCUT2D eigenvalue weighted by Crippen LogP contribution is 2.29. The molecule has 1 aromatic heterocycles. The molecule has 0 aliphatic carbocycles. The van der Waals surface area contributed by atoms with E-state index in [1.807, 2.05) is 0 Å². The summed E-state index contributed by atoms with van der Waals surface area (Å²) in [5.74, 6) is -2.48. The standard InChI is InChI=1S/C15H12FNO5/c1-21-13-6-10(12(16)7-17-13)9-4-3-8(14(18)19)5-11(9)15(20)22-2/h3-7H,1-2H3,(H,18,19). The van der Waals surface area contributed by atoms with Crippen LogP contribution in [0.3, 0.4) is 0 Å². The number of ether oxygens (including phenoxy) is 2. The Morgan fingerprint density at radius 3 is 2.50 bits per heavy atom. The summed E-state index contributed by atoms with van der Waals surface area (Å²) in [5.41, 5.74) is 0.0828. The molecule has 22 heavy (non-hydrogen) atoms. The molecule has 1 heterocycles. The number of hydrogen-bond donors (Lipinski definition) is 1. The average Bonchev–Trinajstić information content (AvgIpc) is 2.54. The first-order valence-electron chi connectivity index (χ1n) is 6.13. The highest BCUT2D eigenvalue weighted by atomic mass is 19.1. The van der Waals surface area contributed by atoms with E-state index in [0.717, 1.165) is 19.4 Å². The summed E-state index contributed by atoms with van der Waals surface area (Å²) in [6.07, 6.45) is 0.959. The first-order chi connectivity index (χ1) is 10.5. The summed E-state index contributed by atoms with van der Waals surface area (Å²) in [6, 6.07) is 5.07. The van der Waals surface area contributed by atoms with Crippen molar-refractivity contribution in [1.82, 2.24) is 4.98 Å². The summed E-state index contributed by atoms with van der Waals surface area (Å²) in [7, 11) is 2.53. The quantitative estimate of drug-likeness (QED) is 0.873. The van der Waals surface area contributed by atoms with Gasteiger partial charge in [-0.1, -0.05) is 6.07 Å². The number of carboxylic acids is 1. The van der Waals surface area contributed by atoms with Crippen LogP contribution in [-0.2, 0) is 4.74 Å². The number of pyridine rings is 1. The number of halogens is 1. The molecule has 2 aromatic rings. The first kappa shape index (κ1) is 15.4. The van der Waals surface area contributed by atoms with Crippen molar-refractivity contribution < 1.29 is 28.6 Å². The number of hydrogen-bond acceptors (Lipinski definition) is 5. The second-order valence-electron chi connectivity index (χ2n) is 4.26. The predicted octanol–water partition coefficient (Wildman–Crippen LogP) is 2.38. The minimum absolute atomic E-state index is 0.0594. The van der Waals surface area contributed by atoms with Gasteiger partial charge in [0.15, 0.2) is 0 Å². The van der Waals surface area contributed by atoms with E-state index in [1.54, 1.807) is 0 Å². The molecule has 0 radical (unpaired) electrons. The fourth-order valence-corrected chi connectivity index (χ4v) is 1.93. The number of carbonyl (C=O) groups is 2. The predicted molar refractivity (Wildman–Crippen MR) is 74.5 cm³/mol. The summed E-state index contributed by atoms with van der Waals surface area (Å²) < 4.78 is 23.6. The zero-order valence-corrected chi connectivity index (χ0v) is 11.8. The maximum Gasteiger partial charge on any atom is 0.338 e. The van der Waals surface area contributed by atoms with Crippen LogP contribution in [0.5, 0.6) is 5.88 Å². The number of nitrogens with zero attached hydrogens (tertiary/aromatic N) is 1. The molecule has 7 heteroatoms. The number of esters is 1. The molecular weight excluding hydrogens is 293 g/mol. The lowest BCUT2D eigenvalue weighted by Crippen LogP contribution is -2.07. The SMILES string of the molecule is COC(=O)c1cc(C(=O)O)ccc1-c1cc(OC)ncc1F. The van der Waals surface area contributed by atoms with Crippen LogP contribution in [0.1, 0.15) is 20.7 Å². The highest BCUT2D eigenvalue weighted by molar-refractivity contribution is 6.00. The van der Waals surface area contributed by atoms with Gasteiger partial charge in [-0.2, -0.15) is 0 Å². The molecule has 6 nitrogen and oxygen atoms in total. The number of methoxy groups -OCH3 is 2. The summed E-state index contributed by atoms with van der Waals surface area (Å²) in [6.45, 7) is 0. The van der Waals surface area contributed by atoms with Crippen molar-refractivity contribution in [3.8, 4) is 17.0 Å². The third-order valence-corrected chi connectivity index (χ3v) is 3.00. The second-order valence-corrected chi connectivity index (χ2v) is 4.26. The molecule has 0 aliphatic heterocycles. The molecular formula is C15H12FNO5. The van der Waals surface area contributed by atoms with Gasteiger partial charge in [-0.05, 0) is 17.7 Å². The van der Waals surface area contributed by atoms with E-state index >= 15 is 0 Å². The molecule has 1 N–H and O–H groups in total. The number of benzene rings is 1. The Bertz CT molecular complexity index is 745. The highest BCUT2D eigenvalue weighted by Gasteiger charge is 2.19. The van der Waals surface area contributed by atoms with Gasteiger partial charge >= 0.3 is 11.9 Å². The zero-order chi connectivity index (χ0) is 16.3. The second kappa shape index (κ2) is 6.21. The lowest BCUT2D eigenvalue weighted by Gasteiger charge is -2.11. The van der Waals surface area contributed by atoms with Gasteiger partial charge in [0.05, 0.1) is 31.5 Å². The van der Waals surface area contributed by atoms with Gasteiger partial charge in [-0.25, -0.2) is 19.0 Å². The van der Waals surface area contributed by atoms with Gasteiger partial charge in [-0.15, -0.1) is 0 Å². The molecule has 0 fully saturated rings. The molecule has 0 unspecified atom stereocenters. The Morgan fingerprint density at radius 1 is 1.18 bits per heavy atom. The Balaban J connectivity index is 2.69. The number of carbonyl (C=O) groups excluding carboxylic acids is 1. The molecule has 0 amide bonds. The van der Waals surface area contributed by atoms with Crippen LogP contribution in [0.2, 0.25) is 0 Å². The van der Waals surface area contributed by atoms with Crippen molar-refractivity contribution in [1.29, 1.82) is 0 Å². The lowest BCUT2D eigenvalue weighted by molar-refractivity contribution is 0.0601. The molecule has 0 saturated carbocycles. The minimum Gasteiger partial charge on any atom is -0.481 e. The Morgan fingerprint density at radius 2 is 1.91 bits per heavy atom. The van der Waals surface area contributed by atoms with Gasteiger partial charge < -0.3 is 14.6 Å². The largest absolute Gasteiger partial charge is 0.481 e. The molecule has 1 aromatic carbocycles. The van der Waals surface area contributed by atoms with Crippen LogP contribution >= 0.6 is 0 Å². The van der Waals surface area contributed by atoms with E-state index in [2.05, 4.69) is 9.72 Å². The topological polar surface area (TPSA) is 85.7 Å². The van der Waals surface area contributed by atoms with E-state index in [9.17, 15) is 14.0 Å². The van der Waals surface area contributed by atoms with E-state index in [4.69, 9.17) is 9.84 Å². The first-order valence-corrected chi connectivity index (χ1v) is 6.13. The van der Waals surface area contributed by atoms with E-state index in [0.29, 0.717) is 0 Å². The summed E-state index contributed by atoms with van der Waals surface area (Å²) in [4.78, 5) is 26.6. The van der Waals surface area contributed by atoms with Crippen molar-refractivity contribution in [3.63, 3.8) is 0 Å². The van der Waals surface area contributed by atoms with E-state index in [1.165, 1.54) is 25.3 Å². The van der Waals surface area contributed by atoms with Gasteiger partial charge in [0.1, 0.15) is 5.82 Å². The Labute approximate surface area is 125 Å². The third-order valence-electron chi connectivity index (χ3n) is 3.00. The maximum atomic E-state index is 14.0. The zero-order valence-electron chi connectivity index (χ0n) is 11.8. The van der Waals surface area contributed by atoms with Gasteiger partial charge in [-0.3, -0.25) is 0 Å². The third kappa shape index (κ3) is 2.88. The van der Waals surface area contributed by atoms with Crippen molar-refractivity contribution in [3.05, 3.63) is 47.4 Å². The van der Waals surface area contributed by atoms with Crippen LogP contribution in [0.15, 0.2) is 30.5 Å². The van der Waals surface area contributed by atoms with E-state index < -0.39 is 17.8 Å². The molecule has 114 valence electrons. The van der Waals surface area contributed by atoms with Crippen molar-refractivity contribution >= 4 is 11.9 Å².